The van der Waals surface area contributed by atoms with Crippen LogP contribution in [0.1, 0.15) is 44.1 Å². The summed E-state index contributed by atoms with van der Waals surface area (Å²) in [6, 6.07) is 14.7. The van der Waals surface area contributed by atoms with Crippen LogP contribution in [-0.4, -0.2) is 24.4 Å². The lowest BCUT2D eigenvalue weighted by molar-refractivity contribution is -0.124. The third-order valence-corrected chi connectivity index (χ3v) is 5.89. The highest BCUT2D eigenvalue weighted by Gasteiger charge is 2.32. The molecule has 0 radical (unpaired) electrons. The molecule has 4 rings (SSSR count). The Hall–Kier alpha value is -2.79. The second-order valence-electron chi connectivity index (χ2n) is 7.75. The van der Waals surface area contributed by atoms with Crippen molar-refractivity contribution in [2.24, 2.45) is 0 Å². The number of halogens is 1. The molecule has 0 saturated heterocycles. The fourth-order valence-electron chi connectivity index (χ4n) is 3.99. The quantitative estimate of drug-likeness (QED) is 0.558. The lowest BCUT2D eigenvalue weighted by Crippen LogP contribution is -2.46. The Morgan fingerprint density at radius 3 is 2.53 bits per heavy atom. The van der Waals surface area contributed by atoms with Crippen molar-refractivity contribution in [3.8, 4) is 5.75 Å². The number of hydrogen-bond donors (Lipinski definition) is 1. The molecule has 1 fully saturated rings. The van der Waals surface area contributed by atoms with Gasteiger partial charge in [0, 0.05) is 11.1 Å². The average molecular weight is 425 g/mol. The number of anilines is 1. The van der Waals surface area contributed by atoms with E-state index in [2.05, 4.69) is 5.32 Å². The van der Waals surface area contributed by atoms with Gasteiger partial charge in [0.05, 0.1) is 5.69 Å². The van der Waals surface area contributed by atoms with E-state index in [-0.39, 0.29) is 30.2 Å². The van der Waals surface area contributed by atoms with Gasteiger partial charge in [-0.05, 0) is 42.7 Å². The maximum Gasteiger partial charge on any atom is 0.294 e. The SMILES string of the molecule is O=C(CN1C(=O)/C(=C\c2ccccc2Cl)Oc2ccccc21)NC1CCCCCC1. The van der Waals surface area contributed by atoms with Crippen molar-refractivity contribution >= 4 is 35.2 Å². The number of carbonyl (C=O) groups is 2. The maximum absolute atomic E-state index is 13.2. The number of para-hydroxylation sites is 2. The first-order chi connectivity index (χ1) is 14.6. The van der Waals surface area contributed by atoms with E-state index in [0.717, 1.165) is 25.7 Å². The molecule has 156 valence electrons. The second-order valence-corrected chi connectivity index (χ2v) is 8.15. The molecule has 1 saturated carbocycles. The van der Waals surface area contributed by atoms with E-state index in [0.29, 0.717) is 22.0 Å². The molecule has 2 aromatic rings. The van der Waals surface area contributed by atoms with E-state index in [1.165, 1.54) is 17.7 Å². The molecule has 0 unspecified atom stereocenters. The molecule has 1 aliphatic heterocycles. The zero-order chi connectivity index (χ0) is 20.9. The second kappa shape index (κ2) is 9.35. The van der Waals surface area contributed by atoms with E-state index < -0.39 is 0 Å². The molecular weight excluding hydrogens is 400 g/mol. The Morgan fingerprint density at radius 2 is 1.77 bits per heavy atom. The lowest BCUT2D eigenvalue weighted by atomic mass is 10.1. The molecule has 5 nitrogen and oxygen atoms in total. The van der Waals surface area contributed by atoms with E-state index in [4.69, 9.17) is 16.3 Å². The minimum Gasteiger partial charge on any atom is -0.449 e. The molecule has 1 aliphatic carbocycles. The number of hydrogen-bond acceptors (Lipinski definition) is 3. The summed E-state index contributed by atoms with van der Waals surface area (Å²) in [4.78, 5) is 27.5. The zero-order valence-corrected chi connectivity index (χ0v) is 17.5. The molecule has 1 heterocycles. The number of amides is 2. The van der Waals surface area contributed by atoms with Gasteiger partial charge in [-0.3, -0.25) is 14.5 Å². The van der Waals surface area contributed by atoms with Gasteiger partial charge >= 0.3 is 0 Å². The van der Waals surface area contributed by atoms with Crippen LogP contribution in [0, 0.1) is 0 Å². The Labute approximate surface area is 181 Å². The highest BCUT2D eigenvalue weighted by atomic mass is 35.5. The van der Waals surface area contributed by atoms with E-state index in [1.54, 1.807) is 24.3 Å². The van der Waals surface area contributed by atoms with Gasteiger partial charge in [-0.1, -0.05) is 67.6 Å². The number of rotatable bonds is 4. The molecule has 1 N–H and O–H groups in total. The zero-order valence-electron chi connectivity index (χ0n) is 16.8. The van der Waals surface area contributed by atoms with Gasteiger partial charge in [0.1, 0.15) is 6.54 Å². The highest BCUT2D eigenvalue weighted by Crippen LogP contribution is 2.35. The smallest absolute Gasteiger partial charge is 0.294 e. The minimum atomic E-state index is -0.357. The van der Waals surface area contributed by atoms with E-state index in [1.807, 2.05) is 30.3 Å². The summed E-state index contributed by atoms with van der Waals surface area (Å²) in [5.74, 6) is 0.176. The number of benzene rings is 2. The highest BCUT2D eigenvalue weighted by molar-refractivity contribution is 6.32. The maximum atomic E-state index is 13.2. The van der Waals surface area contributed by atoms with Crippen molar-refractivity contribution in [3.05, 3.63) is 64.9 Å². The molecule has 30 heavy (non-hydrogen) atoms. The van der Waals surface area contributed by atoms with Crippen LogP contribution < -0.4 is 15.0 Å². The molecule has 2 aliphatic rings. The van der Waals surface area contributed by atoms with E-state index in [9.17, 15) is 9.59 Å². The van der Waals surface area contributed by atoms with Crippen LogP contribution in [0.3, 0.4) is 0 Å². The topological polar surface area (TPSA) is 58.6 Å². The van der Waals surface area contributed by atoms with Crippen LogP contribution >= 0.6 is 11.6 Å². The Kier molecular flexibility index (Phi) is 6.38. The first-order valence-corrected chi connectivity index (χ1v) is 10.8. The first-order valence-electron chi connectivity index (χ1n) is 10.5. The summed E-state index contributed by atoms with van der Waals surface area (Å²) in [7, 11) is 0. The number of nitrogens with zero attached hydrogens (tertiary/aromatic N) is 1. The van der Waals surface area contributed by atoms with Crippen LogP contribution in [0.4, 0.5) is 5.69 Å². The van der Waals surface area contributed by atoms with Crippen LogP contribution in [-0.2, 0) is 9.59 Å². The summed E-state index contributed by atoms with van der Waals surface area (Å²) in [5, 5.41) is 3.64. The van der Waals surface area contributed by atoms with Crippen molar-refractivity contribution in [1.29, 1.82) is 0 Å². The molecule has 0 bridgehead atoms. The van der Waals surface area contributed by atoms with Gasteiger partial charge in [0.15, 0.2) is 11.5 Å². The van der Waals surface area contributed by atoms with Gasteiger partial charge < -0.3 is 10.1 Å². The third-order valence-electron chi connectivity index (χ3n) is 5.55. The minimum absolute atomic E-state index is 0.0461. The normalized spacial score (nSPS) is 18.5. The van der Waals surface area contributed by atoms with Crippen LogP contribution in [0.15, 0.2) is 54.3 Å². The summed E-state index contributed by atoms with van der Waals surface area (Å²) >= 11 is 6.24. The van der Waals surface area contributed by atoms with Gasteiger partial charge in [0.2, 0.25) is 5.91 Å². The van der Waals surface area contributed by atoms with Crippen molar-refractivity contribution in [2.45, 2.75) is 44.6 Å². The molecule has 6 heteroatoms. The van der Waals surface area contributed by atoms with Gasteiger partial charge in [-0.25, -0.2) is 0 Å². The van der Waals surface area contributed by atoms with Crippen LogP contribution in [0.2, 0.25) is 5.02 Å². The van der Waals surface area contributed by atoms with Gasteiger partial charge in [-0.15, -0.1) is 0 Å². The molecule has 2 amide bonds. The summed E-state index contributed by atoms with van der Waals surface area (Å²) in [5.41, 5.74) is 1.28. The molecule has 0 atom stereocenters. The molecule has 0 spiro atoms. The fourth-order valence-corrected chi connectivity index (χ4v) is 4.18. The fraction of sp³-hybridized carbons (Fsp3) is 0.333. The number of nitrogens with one attached hydrogen (secondary N) is 1. The average Bonchev–Trinajstić information content (AvgIpc) is 3.01. The first kappa shape index (κ1) is 20.5. The Morgan fingerprint density at radius 1 is 1.07 bits per heavy atom. The van der Waals surface area contributed by atoms with Crippen molar-refractivity contribution in [1.82, 2.24) is 5.32 Å². The van der Waals surface area contributed by atoms with Gasteiger partial charge in [-0.2, -0.15) is 0 Å². The predicted octanol–water partition coefficient (Wildman–Crippen LogP) is 4.95. The standard InChI is InChI=1S/C24H25ClN2O3/c25-19-12-6-5-9-17(19)15-22-24(29)27(20-13-7-8-14-21(20)30-22)16-23(28)26-18-10-3-1-2-4-11-18/h5-9,12-15,18H,1-4,10-11,16H2,(H,26,28)/b22-15+. The third kappa shape index (κ3) is 4.68. The largest absolute Gasteiger partial charge is 0.449 e. The molecule has 0 aromatic heterocycles. The Bertz CT molecular complexity index is 964. The van der Waals surface area contributed by atoms with Crippen LogP contribution in [0.5, 0.6) is 5.75 Å². The number of fused-ring (bicyclic) bond motifs is 1. The Balaban J connectivity index is 1.57. The molecular formula is C24H25ClN2O3. The predicted molar refractivity (Wildman–Crippen MR) is 118 cm³/mol. The summed E-state index contributed by atoms with van der Waals surface area (Å²) < 4.78 is 5.86. The van der Waals surface area contributed by atoms with Crippen LogP contribution in [0.25, 0.3) is 6.08 Å². The number of ether oxygens (including phenoxy) is 1. The van der Waals surface area contributed by atoms with Crippen molar-refractivity contribution < 1.29 is 14.3 Å². The monoisotopic (exact) mass is 424 g/mol. The number of carbonyl (C=O) groups excluding carboxylic acids is 2. The van der Waals surface area contributed by atoms with Gasteiger partial charge in [0.25, 0.3) is 5.91 Å². The lowest BCUT2D eigenvalue weighted by Gasteiger charge is -2.30. The molecule has 2 aromatic carbocycles. The summed E-state index contributed by atoms with van der Waals surface area (Å²) in [6.07, 6.45) is 8.32. The van der Waals surface area contributed by atoms with E-state index >= 15 is 0 Å². The summed E-state index contributed by atoms with van der Waals surface area (Å²) in [6.45, 7) is -0.0461. The van der Waals surface area contributed by atoms with Crippen molar-refractivity contribution in [2.75, 3.05) is 11.4 Å². The van der Waals surface area contributed by atoms with Crippen molar-refractivity contribution in [3.63, 3.8) is 0 Å².